The molecule has 0 aliphatic heterocycles. The van der Waals surface area contributed by atoms with Crippen LogP contribution < -0.4 is 0 Å². The third-order valence-electron chi connectivity index (χ3n) is 5.33. The summed E-state index contributed by atoms with van der Waals surface area (Å²) in [6, 6.07) is 3.25. The minimum atomic E-state index is -3.78. The van der Waals surface area contributed by atoms with Crippen molar-refractivity contribution in [1.29, 1.82) is 0 Å². The zero-order valence-corrected chi connectivity index (χ0v) is 18.7. The largest absolute Gasteiger partial charge is 0.334 e. The first-order valence-corrected chi connectivity index (χ1v) is 12.0. The number of hydrogen-bond donors (Lipinski definition) is 0. The molecule has 9 heteroatoms. The molecular formula is C20H26FN3O3S2. The van der Waals surface area contributed by atoms with Crippen LogP contribution in [0.25, 0.3) is 0 Å². The summed E-state index contributed by atoms with van der Waals surface area (Å²) < 4.78 is 41.4. The Kier molecular flexibility index (Phi) is 6.40. The second-order valence-corrected chi connectivity index (χ2v) is 10.3. The van der Waals surface area contributed by atoms with E-state index in [1.165, 1.54) is 15.3 Å². The van der Waals surface area contributed by atoms with Gasteiger partial charge in [0.2, 0.25) is 10.0 Å². The molecule has 6 nitrogen and oxygen atoms in total. The van der Waals surface area contributed by atoms with Crippen LogP contribution in [0.5, 0.6) is 0 Å². The van der Waals surface area contributed by atoms with Gasteiger partial charge in [-0.2, -0.15) is 4.31 Å². The highest BCUT2D eigenvalue weighted by Gasteiger charge is 2.32. The van der Waals surface area contributed by atoms with Crippen molar-refractivity contribution in [2.75, 3.05) is 20.1 Å². The molecule has 3 rings (SSSR count). The fourth-order valence-electron chi connectivity index (χ4n) is 3.76. The van der Waals surface area contributed by atoms with Crippen molar-refractivity contribution in [2.45, 2.75) is 51.0 Å². The fourth-order valence-corrected chi connectivity index (χ4v) is 6.40. The van der Waals surface area contributed by atoms with Gasteiger partial charge in [-0.1, -0.05) is 13.8 Å². The first kappa shape index (κ1) is 21.9. The molecule has 1 aromatic carbocycles. The summed E-state index contributed by atoms with van der Waals surface area (Å²) >= 11 is 1.56. The third kappa shape index (κ3) is 4.08. The van der Waals surface area contributed by atoms with Crippen molar-refractivity contribution < 1.29 is 17.6 Å². The van der Waals surface area contributed by atoms with Crippen molar-refractivity contribution in [3.63, 3.8) is 0 Å². The molecule has 1 amide bonds. The molecule has 0 bridgehead atoms. The Balaban J connectivity index is 1.96. The molecule has 0 radical (unpaired) electrons. The minimum Gasteiger partial charge on any atom is -0.334 e. The van der Waals surface area contributed by atoms with Crippen LogP contribution >= 0.6 is 11.3 Å². The number of nitrogens with zero attached hydrogens (tertiary/aromatic N) is 3. The smallest absolute Gasteiger partial charge is 0.257 e. The van der Waals surface area contributed by atoms with Gasteiger partial charge in [-0.3, -0.25) is 4.79 Å². The third-order valence-corrected chi connectivity index (χ3v) is 8.49. The number of amides is 1. The van der Waals surface area contributed by atoms with E-state index in [0.717, 1.165) is 47.0 Å². The summed E-state index contributed by atoms with van der Waals surface area (Å²) in [6.07, 6.45) is 2.55. The zero-order valence-electron chi connectivity index (χ0n) is 17.1. The number of sulfonamides is 1. The number of carbonyl (C=O) groups excluding carboxylic acids is 1. The van der Waals surface area contributed by atoms with Crippen molar-refractivity contribution in [3.8, 4) is 0 Å². The number of benzene rings is 1. The molecule has 158 valence electrons. The van der Waals surface area contributed by atoms with Crippen LogP contribution in [0.2, 0.25) is 0 Å². The van der Waals surface area contributed by atoms with Crippen molar-refractivity contribution in [2.24, 2.45) is 0 Å². The summed E-state index contributed by atoms with van der Waals surface area (Å²) in [5.74, 6) is -1.25. The van der Waals surface area contributed by atoms with Crippen LogP contribution in [0.3, 0.4) is 0 Å². The molecule has 0 spiro atoms. The Bertz CT molecular complexity index is 1020. The molecular weight excluding hydrogens is 413 g/mol. The van der Waals surface area contributed by atoms with Gasteiger partial charge < -0.3 is 4.90 Å². The quantitative estimate of drug-likeness (QED) is 0.687. The van der Waals surface area contributed by atoms with E-state index in [2.05, 4.69) is 4.98 Å². The summed E-state index contributed by atoms with van der Waals surface area (Å²) in [6.45, 7) is 6.01. The predicted molar refractivity (Wildman–Crippen MR) is 111 cm³/mol. The Morgan fingerprint density at radius 2 is 2.00 bits per heavy atom. The maximum atomic E-state index is 14.5. The molecule has 1 aromatic heterocycles. The molecule has 0 saturated heterocycles. The van der Waals surface area contributed by atoms with Gasteiger partial charge in [0.25, 0.3) is 5.91 Å². The molecule has 2 aromatic rings. The Morgan fingerprint density at radius 1 is 1.31 bits per heavy atom. The van der Waals surface area contributed by atoms with Crippen LogP contribution in [-0.2, 0) is 16.4 Å². The second kappa shape index (κ2) is 8.49. The van der Waals surface area contributed by atoms with E-state index in [9.17, 15) is 17.6 Å². The SMILES string of the molecule is CCN(CC)S(=O)(=O)c1ccc(F)c(C(=O)N(C)C2CCCc3nc(C)sc32)c1. The van der Waals surface area contributed by atoms with Gasteiger partial charge in [-0.05, 0) is 44.4 Å². The fraction of sp³-hybridized carbons (Fsp3) is 0.500. The highest BCUT2D eigenvalue weighted by Crippen LogP contribution is 2.38. The van der Waals surface area contributed by atoms with E-state index in [4.69, 9.17) is 0 Å². The lowest BCUT2D eigenvalue weighted by Crippen LogP contribution is -2.34. The van der Waals surface area contributed by atoms with Gasteiger partial charge in [-0.25, -0.2) is 17.8 Å². The summed E-state index contributed by atoms with van der Waals surface area (Å²) in [7, 11) is -2.14. The van der Waals surface area contributed by atoms with Crippen LogP contribution in [0.15, 0.2) is 23.1 Å². The number of aryl methyl sites for hydroxylation is 2. The second-order valence-electron chi connectivity index (χ2n) is 7.10. The number of rotatable bonds is 6. The topological polar surface area (TPSA) is 70.6 Å². The van der Waals surface area contributed by atoms with E-state index in [0.29, 0.717) is 13.1 Å². The van der Waals surface area contributed by atoms with Crippen LogP contribution in [0.4, 0.5) is 4.39 Å². The molecule has 29 heavy (non-hydrogen) atoms. The Hall–Kier alpha value is -1.84. The first-order valence-electron chi connectivity index (χ1n) is 9.73. The maximum Gasteiger partial charge on any atom is 0.257 e. The average Bonchev–Trinajstić information content (AvgIpc) is 3.08. The molecule has 1 atom stereocenters. The lowest BCUT2D eigenvalue weighted by atomic mass is 9.96. The van der Waals surface area contributed by atoms with Gasteiger partial charge in [0, 0.05) is 20.1 Å². The standard InChI is InChI=1S/C20H26FN3O3S2/c1-5-24(6-2)29(26,27)14-10-11-16(21)15(12-14)20(25)23(4)18-9-7-8-17-19(18)28-13(3)22-17/h10-12,18H,5-9H2,1-4H3. The Morgan fingerprint density at radius 3 is 2.66 bits per heavy atom. The summed E-state index contributed by atoms with van der Waals surface area (Å²) in [5.41, 5.74) is 0.774. The highest BCUT2D eigenvalue weighted by molar-refractivity contribution is 7.89. The molecule has 1 aliphatic carbocycles. The number of carbonyl (C=O) groups is 1. The monoisotopic (exact) mass is 439 g/mol. The molecule has 1 unspecified atom stereocenters. The average molecular weight is 440 g/mol. The highest BCUT2D eigenvalue weighted by atomic mass is 32.2. The minimum absolute atomic E-state index is 0.0719. The van der Waals surface area contributed by atoms with Crippen LogP contribution in [0, 0.1) is 12.7 Å². The summed E-state index contributed by atoms with van der Waals surface area (Å²) in [4.78, 5) is 20.2. The van der Waals surface area contributed by atoms with Gasteiger partial charge in [-0.15, -0.1) is 11.3 Å². The van der Waals surface area contributed by atoms with Crippen molar-refractivity contribution in [3.05, 3.63) is 45.2 Å². The van der Waals surface area contributed by atoms with Crippen LogP contribution in [0.1, 0.15) is 58.7 Å². The molecule has 0 saturated carbocycles. The zero-order chi connectivity index (χ0) is 21.3. The number of hydrogen-bond acceptors (Lipinski definition) is 5. The van der Waals surface area contributed by atoms with Gasteiger partial charge in [0.15, 0.2) is 0 Å². The number of fused-ring (bicyclic) bond motifs is 1. The van der Waals surface area contributed by atoms with Gasteiger partial charge >= 0.3 is 0 Å². The number of aromatic nitrogens is 1. The number of halogens is 1. The molecule has 1 aliphatic rings. The lowest BCUT2D eigenvalue weighted by molar-refractivity contribution is 0.0713. The van der Waals surface area contributed by atoms with Crippen LogP contribution in [-0.4, -0.2) is 48.7 Å². The predicted octanol–water partition coefficient (Wildman–Crippen LogP) is 3.77. The molecule has 1 heterocycles. The number of thiazole rings is 1. The van der Waals surface area contributed by atoms with E-state index < -0.39 is 21.7 Å². The van der Waals surface area contributed by atoms with E-state index in [-0.39, 0.29) is 16.5 Å². The normalized spacial score (nSPS) is 16.7. The molecule has 0 fully saturated rings. The lowest BCUT2D eigenvalue weighted by Gasteiger charge is -2.31. The van der Waals surface area contributed by atoms with E-state index >= 15 is 0 Å². The van der Waals surface area contributed by atoms with E-state index in [1.54, 1.807) is 32.2 Å². The van der Waals surface area contributed by atoms with Crippen molar-refractivity contribution in [1.82, 2.24) is 14.2 Å². The van der Waals surface area contributed by atoms with Crippen molar-refractivity contribution >= 4 is 27.3 Å². The summed E-state index contributed by atoms with van der Waals surface area (Å²) in [5, 5.41) is 0.946. The Labute approximate surface area is 175 Å². The first-order chi connectivity index (χ1) is 13.7. The van der Waals surface area contributed by atoms with Gasteiger partial charge in [0.05, 0.1) is 32.1 Å². The maximum absolute atomic E-state index is 14.5. The van der Waals surface area contributed by atoms with E-state index in [1.807, 2.05) is 6.92 Å². The molecule has 0 N–H and O–H groups in total. The van der Waals surface area contributed by atoms with Gasteiger partial charge in [0.1, 0.15) is 5.82 Å².